The first-order valence-electron chi connectivity index (χ1n) is 5.17. The third-order valence-corrected chi connectivity index (χ3v) is 3.47. The smallest absolute Gasteiger partial charge is 0.128 e. The molecule has 0 unspecified atom stereocenters. The summed E-state index contributed by atoms with van der Waals surface area (Å²) in [7, 11) is 0. The highest BCUT2D eigenvalue weighted by atomic mass is 35.5. The van der Waals surface area contributed by atoms with Gasteiger partial charge in [0.25, 0.3) is 0 Å². The van der Waals surface area contributed by atoms with Gasteiger partial charge in [-0.25, -0.2) is 0 Å². The number of rotatable bonds is 2. The Labute approximate surface area is 114 Å². The van der Waals surface area contributed by atoms with Crippen molar-refractivity contribution in [3.05, 3.63) is 32.9 Å². The first-order chi connectivity index (χ1) is 8.10. The van der Waals surface area contributed by atoms with Crippen molar-refractivity contribution in [1.29, 1.82) is 5.26 Å². The highest BCUT2D eigenvalue weighted by Crippen LogP contribution is 2.36. The summed E-state index contributed by atoms with van der Waals surface area (Å²) in [5.41, 5.74) is 1.21. The van der Waals surface area contributed by atoms with E-state index in [0.717, 1.165) is 18.5 Å². The molecule has 0 aliphatic carbocycles. The molecule has 5 heteroatoms. The lowest BCUT2D eigenvalue weighted by Crippen LogP contribution is -1.96. The minimum atomic E-state index is 0.425. The molecule has 0 saturated carbocycles. The van der Waals surface area contributed by atoms with E-state index in [-0.39, 0.29) is 0 Å². The average molecular weight is 288 g/mol. The van der Waals surface area contributed by atoms with Crippen LogP contribution in [0.1, 0.15) is 18.9 Å². The van der Waals surface area contributed by atoms with Crippen molar-refractivity contribution in [1.82, 2.24) is 4.57 Å². The summed E-state index contributed by atoms with van der Waals surface area (Å²) in [5, 5.41) is 11.3. The zero-order chi connectivity index (χ0) is 12.6. The molecule has 1 aromatic heterocycles. The normalized spacial score (nSPS) is 10.8. The van der Waals surface area contributed by atoms with E-state index in [1.807, 2.05) is 11.5 Å². The van der Waals surface area contributed by atoms with E-state index in [0.29, 0.717) is 26.1 Å². The monoisotopic (exact) mass is 286 g/mol. The lowest BCUT2D eigenvalue weighted by atomic mass is 10.2. The van der Waals surface area contributed by atoms with E-state index in [2.05, 4.69) is 6.07 Å². The molecule has 0 N–H and O–H groups in total. The SMILES string of the molecule is CCCn1c(Cl)c(C#N)c2cc(Cl)cc(Cl)c21. The molecule has 0 aliphatic rings. The van der Waals surface area contributed by atoms with Crippen molar-refractivity contribution in [2.45, 2.75) is 19.9 Å². The largest absolute Gasteiger partial charge is 0.329 e. The zero-order valence-electron chi connectivity index (χ0n) is 9.10. The lowest BCUT2D eigenvalue weighted by Gasteiger charge is -2.06. The van der Waals surface area contributed by atoms with Crippen molar-refractivity contribution in [3.8, 4) is 6.07 Å². The van der Waals surface area contributed by atoms with E-state index >= 15 is 0 Å². The third-order valence-electron chi connectivity index (χ3n) is 2.57. The number of benzene rings is 1. The van der Waals surface area contributed by atoms with Crippen LogP contribution in [0.3, 0.4) is 0 Å². The first-order valence-corrected chi connectivity index (χ1v) is 6.30. The molecule has 0 saturated heterocycles. The number of nitrogens with zero attached hydrogens (tertiary/aromatic N) is 2. The molecule has 0 aliphatic heterocycles. The number of hydrogen-bond acceptors (Lipinski definition) is 1. The van der Waals surface area contributed by atoms with Crippen molar-refractivity contribution in [3.63, 3.8) is 0 Å². The van der Waals surface area contributed by atoms with Gasteiger partial charge in [0.1, 0.15) is 11.2 Å². The van der Waals surface area contributed by atoms with Gasteiger partial charge in [-0.2, -0.15) is 5.26 Å². The summed E-state index contributed by atoms with van der Waals surface area (Å²) >= 11 is 18.3. The van der Waals surface area contributed by atoms with Crippen LogP contribution in [0, 0.1) is 11.3 Å². The van der Waals surface area contributed by atoms with Crippen LogP contribution in [-0.2, 0) is 6.54 Å². The minimum Gasteiger partial charge on any atom is -0.329 e. The molecular weight excluding hydrogens is 279 g/mol. The molecule has 2 nitrogen and oxygen atoms in total. The summed E-state index contributed by atoms with van der Waals surface area (Å²) in [5.74, 6) is 0. The van der Waals surface area contributed by atoms with Gasteiger partial charge in [0.2, 0.25) is 0 Å². The summed E-state index contributed by atoms with van der Waals surface area (Å²) in [6.45, 7) is 2.76. The van der Waals surface area contributed by atoms with Gasteiger partial charge in [0, 0.05) is 17.0 Å². The Morgan fingerprint density at radius 3 is 2.59 bits per heavy atom. The maximum Gasteiger partial charge on any atom is 0.128 e. The highest BCUT2D eigenvalue weighted by Gasteiger charge is 2.17. The van der Waals surface area contributed by atoms with Crippen LogP contribution in [0.4, 0.5) is 0 Å². The Kier molecular flexibility index (Phi) is 3.53. The number of aryl methyl sites for hydroxylation is 1. The van der Waals surface area contributed by atoms with Crippen molar-refractivity contribution in [2.24, 2.45) is 0 Å². The Morgan fingerprint density at radius 2 is 2.00 bits per heavy atom. The summed E-state index contributed by atoms with van der Waals surface area (Å²) in [4.78, 5) is 0. The molecule has 0 fully saturated rings. The minimum absolute atomic E-state index is 0.425. The molecule has 0 bridgehead atoms. The molecule has 2 aromatic rings. The summed E-state index contributed by atoms with van der Waals surface area (Å²) in [6.07, 6.45) is 0.910. The van der Waals surface area contributed by atoms with Crippen LogP contribution < -0.4 is 0 Å². The van der Waals surface area contributed by atoms with Gasteiger partial charge < -0.3 is 4.57 Å². The van der Waals surface area contributed by atoms with Gasteiger partial charge in [-0.05, 0) is 18.6 Å². The Morgan fingerprint density at radius 1 is 1.29 bits per heavy atom. The topological polar surface area (TPSA) is 28.7 Å². The molecule has 88 valence electrons. The van der Waals surface area contributed by atoms with Crippen LogP contribution in [0.15, 0.2) is 12.1 Å². The molecular formula is C12H9Cl3N2. The second-order valence-electron chi connectivity index (χ2n) is 3.71. The lowest BCUT2D eigenvalue weighted by molar-refractivity contribution is 0.704. The predicted molar refractivity (Wildman–Crippen MR) is 72.0 cm³/mol. The van der Waals surface area contributed by atoms with Gasteiger partial charge in [-0.15, -0.1) is 0 Å². The number of nitriles is 1. The predicted octanol–water partition coefficient (Wildman–Crippen LogP) is 4.88. The number of halogens is 3. The van der Waals surface area contributed by atoms with E-state index in [1.165, 1.54) is 0 Å². The summed E-state index contributed by atoms with van der Waals surface area (Å²) in [6, 6.07) is 5.48. The fourth-order valence-electron chi connectivity index (χ4n) is 1.92. The highest BCUT2D eigenvalue weighted by molar-refractivity contribution is 6.40. The van der Waals surface area contributed by atoms with Crippen LogP contribution in [0.5, 0.6) is 0 Å². The molecule has 0 atom stereocenters. The molecule has 1 heterocycles. The number of aromatic nitrogens is 1. The van der Waals surface area contributed by atoms with Crippen LogP contribution in [0.25, 0.3) is 10.9 Å². The Hall–Kier alpha value is -0.880. The quantitative estimate of drug-likeness (QED) is 0.773. The average Bonchev–Trinajstić information content (AvgIpc) is 2.52. The second kappa shape index (κ2) is 4.78. The van der Waals surface area contributed by atoms with Crippen molar-refractivity contribution in [2.75, 3.05) is 0 Å². The van der Waals surface area contributed by atoms with Gasteiger partial charge in [-0.3, -0.25) is 0 Å². The molecule has 17 heavy (non-hydrogen) atoms. The maximum atomic E-state index is 9.15. The van der Waals surface area contributed by atoms with Gasteiger partial charge in [-0.1, -0.05) is 41.7 Å². The maximum absolute atomic E-state index is 9.15. The number of fused-ring (bicyclic) bond motifs is 1. The Balaban J connectivity index is 2.91. The molecule has 0 spiro atoms. The van der Waals surface area contributed by atoms with Crippen molar-refractivity contribution < 1.29 is 0 Å². The Bertz CT molecular complexity index is 623. The van der Waals surface area contributed by atoms with Crippen molar-refractivity contribution >= 4 is 45.7 Å². The number of hydrogen-bond donors (Lipinski definition) is 0. The van der Waals surface area contributed by atoms with E-state index in [9.17, 15) is 0 Å². The summed E-state index contributed by atoms with van der Waals surface area (Å²) < 4.78 is 1.86. The van der Waals surface area contributed by atoms with Crippen LogP contribution >= 0.6 is 34.8 Å². The van der Waals surface area contributed by atoms with Crippen LogP contribution in [-0.4, -0.2) is 4.57 Å². The van der Waals surface area contributed by atoms with E-state index in [1.54, 1.807) is 12.1 Å². The fraction of sp³-hybridized carbons (Fsp3) is 0.250. The van der Waals surface area contributed by atoms with Gasteiger partial charge in [0.15, 0.2) is 0 Å². The molecule has 0 radical (unpaired) electrons. The second-order valence-corrected chi connectivity index (χ2v) is 4.91. The third kappa shape index (κ3) is 1.99. The van der Waals surface area contributed by atoms with Crippen LogP contribution in [0.2, 0.25) is 15.2 Å². The van der Waals surface area contributed by atoms with E-state index < -0.39 is 0 Å². The van der Waals surface area contributed by atoms with Gasteiger partial charge >= 0.3 is 0 Å². The van der Waals surface area contributed by atoms with E-state index in [4.69, 9.17) is 40.1 Å². The molecule has 2 rings (SSSR count). The fourth-order valence-corrected chi connectivity index (χ4v) is 2.82. The first kappa shape index (κ1) is 12.6. The molecule has 1 aromatic carbocycles. The standard InChI is InChI=1S/C12H9Cl3N2/c1-2-3-17-11-8(9(6-16)12(17)15)4-7(13)5-10(11)14/h4-5H,2-3H2,1H3. The van der Waals surface area contributed by atoms with Gasteiger partial charge in [0.05, 0.1) is 16.1 Å². The zero-order valence-corrected chi connectivity index (χ0v) is 11.4. The molecule has 0 amide bonds.